The van der Waals surface area contributed by atoms with E-state index in [1.54, 1.807) is 0 Å². The van der Waals surface area contributed by atoms with E-state index in [4.69, 9.17) is 0 Å². The Morgan fingerprint density at radius 1 is 1.16 bits per heavy atom. The first-order chi connectivity index (χ1) is 8.64. The first kappa shape index (κ1) is 15.3. The van der Waals surface area contributed by atoms with Crippen LogP contribution in [0.25, 0.3) is 0 Å². The van der Waals surface area contributed by atoms with Crippen molar-refractivity contribution in [2.45, 2.75) is 18.5 Å². The van der Waals surface area contributed by atoms with Gasteiger partial charge in [-0.25, -0.2) is 4.39 Å². The van der Waals surface area contributed by atoms with Gasteiger partial charge in [-0.3, -0.25) is 4.79 Å². The van der Waals surface area contributed by atoms with Crippen LogP contribution in [0.15, 0.2) is 24.3 Å². The second-order valence-corrected chi connectivity index (χ2v) is 3.71. The number of rotatable bonds is 4. The van der Waals surface area contributed by atoms with Crippen LogP contribution in [0.5, 0.6) is 0 Å². The summed E-state index contributed by atoms with van der Waals surface area (Å²) in [5, 5.41) is 1.47. The fourth-order valence-electron chi connectivity index (χ4n) is 1.25. The van der Waals surface area contributed by atoms with Gasteiger partial charge in [0.2, 0.25) is 0 Å². The van der Waals surface area contributed by atoms with Crippen LogP contribution < -0.4 is 5.32 Å². The van der Waals surface area contributed by atoms with Crippen molar-refractivity contribution in [3.8, 4) is 0 Å². The largest absolute Gasteiger partial charge is 0.463 e. The molecule has 19 heavy (non-hydrogen) atoms. The minimum atomic E-state index is -5.93. The minimum absolute atomic E-state index is 0.0581. The molecule has 0 bridgehead atoms. The summed E-state index contributed by atoms with van der Waals surface area (Å²) in [4.78, 5) is 10.7. The highest BCUT2D eigenvalue weighted by atomic mass is 19.4. The van der Waals surface area contributed by atoms with Gasteiger partial charge < -0.3 is 5.32 Å². The van der Waals surface area contributed by atoms with Gasteiger partial charge in [-0.2, -0.15) is 22.0 Å². The van der Waals surface area contributed by atoms with E-state index in [0.29, 0.717) is 5.56 Å². The summed E-state index contributed by atoms with van der Waals surface area (Å²) in [5.74, 6) is -8.42. The lowest BCUT2D eigenvalue weighted by Gasteiger charge is -2.18. The Bertz CT molecular complexity index is 457. The van der Waals surface area contributed by atoms with Crippen LogP contribution in [-0.4, -0.2) is 24.6 Å². The van der Waals surface area contributed by atoms with Gasteiger partial charge in [-0.05, 0) is 24.1 Å². The van der Waals surface area contributed by atoms with Crippen molar-refractivity contribution in [3.63, 3.8) is 0 Å². The van der Waals surface area contributed by atoms with Gasteiger partial charge >= 0.3 is 12.1 Å². The lowest BCUT2D eigenvalue weighted by Crippen LogP contribution is -2.50. The number of hydrogen-bond donors (Lipinski definition) is 1. The third kappa shape index (κ3) is 3.87. The van der Waals surface area contributed by atoms with Gasteiger partial charge in [0.05, 0.1) is 0 Å². The smallest absolute Gasteiger partial charge is 0.350 e. The summed E-state index contributed by atoms with van der Waals surface area (Å²) < 4.78 is 73.3. The van der Waals surface area contributed by atoms with E-state index in [9.17, 15) is 31.1 Å². The Kier molecular flexibility index (Phi) is 4.43. The van der Waals surface area contributed by atoms with Crippen LogP contribution in [0.3, 0.4) is 0 Å². The van der Waals surface area contributed by atoms with Gasteiger partial charge in [-0.1, -0.05) is 12.1 Å². The van der Waals surface area contributed by atoms with E-state index in [1.807, 2.05) is 0 Å². The highest BCUT2D eigenvalue weighted by Gasteiger charge is 2.63. The number of hydrogen-bond acceptors (Lipinski definition) is 1. The van der Waals surface area contributed by atoms with Crippen molar-refractivity contribution in [1.82, 2.24) is 5.32 Å². The number of amides is 1. The lowest BCUT2D eigenvalue weighted by molar-refractivity contribution is -0.269. The monoisotopic (exact) mass is 285 g/mol. The molecule has 0 aromatic heterocycles. The maximum atomic E-state index is 12.7. The van der Waals surface area contributed by atoms with E-state index in [1.165, 1.54) is 17.4 Å². The summed E-state index contributed by atoms with van der Waals surface area (Å²) in [6.45, 7) is -0.450. The van der Waals surface area contributed by atoms with Gasteiger partial charge in [0, 0.05) is 6.54 Å². The molecule has 1 amide bonds. The standard InChI is InChI=1S/C11H9F6NO/c12-8-3-1-2-7(6-8)4-5-18-9(19)10(13,14)11(15,16)17/h1-3,6H,4-5H2,(H,18,19). The zero-order valence-corrected chi connectivity index (χ0v) is 9.40. The molecule has 0 aliphatic carbocycles. The van der Waals surface area contributed by atoms with Crippen molar-refractivity contribution in [2.75, 3.05) is 6.54 Å². The molecule has 0 radical (unpaired) electrons. The summed E-state index contributed by atoms with van der Waals surface area (Å²) in [6.07, 6.45) is -5.99. The van der Waals surface area contributed by atoms with E-state index < -0.39 is 30.4 Å². The summed E-state index contributed by atoms with van der Waals surface area (Å²) in [6, 6.07) is 5.06. The average molecular weight is 285 g/mol. The van der Waals surface area contributed by atoms with Crippen molar-refractivity contribution < 1.29 is 31.1 Å². The predicted octanol–water partition coefficient (Wildman–Crippen LogP) is 2.68. The van der Waals surface area contributed by atoms with Crippen LogP contribution in [0.2, 0.25) is 0 Å². The van der Waals surface area contributed by atoms with Gasteiger partial charge in [0.25, 0.3) is 5.91 Å². The molecule has 0 atom stereocenters. The Hall–Kier alpha value is -1.73. The second-order valence-electron chi connectivity index (χ2n) is 3.71. The van der Waals surface area contributed by atoms with Crippen molar-refractivity contribution in [1.29, 1.82) is 0 Å². The zero-order valence-electron chi connectivity index (χ0n) is 9.40. The van der Waals surface area contributed by atoms with Gasteiger partial charge in [0.1, 0.15) is 5.82 Å². The number of benzene rings is 1. The van der Waals surface area contributed by atoms with Crippen LogP contribution in [0.4, 0.5) is 26.3 Å². The highest BCUT2D eigenvalue weighted by molar-refractivity contribution is 5.84. The third-order valence-corrected chi connectivity index (χ3v) is 2.23. The minimum Gasteiger partial charge on any atom is -0.350 e. The normalized spacial score (nSPS) is 12.3. The Labute approximate surface area is 104 Å². The fraction of sp³-hybridized carbons (Fsp3) is 0.364. The molecule has 0 fully saturated rings. The maximum Gasteiger partial charge on any atom is 0.463 e. The predicted molar refractivity (Wildman–Crippen MR) is 54.1 cm³/mol. The van der Waals surface area contributed by atoms with E-state index in [0.717, 1.165) is 12.1 Å². The van der Waals surface area contributed by atoms with E-state index in [2.05, 4.69) is 0 Å². The van der Waals surface area contributed by atoms with Crippen molar-refractivity contribution >= 4 is 5.91 Å². The first-order valence-corrected chi connectivity index (χ1v) is 5.12. The quantitative estimate of drug-likeness (QED) is 0.847. The molecule has 1 rings (SSSR count). The van der Waals surface area contributed by atoms with Crippen LogP contribution in [0.1, 0.15) is 5.56 Å². The zero-order chi connectivity index (χ0) is 14.7. The summed E-state index contributed by atoms with van der Waals surface area (Å²) >= 11 is 0. The molecule has 0 saturated carbocycles. The molecule has 1 aromatic rings. The van der Waals surface area contributed by atoms with Gasteiger partial charge in [-0.15, -0.1) is 0 Å². The van der Waals surface area contributed by atoms with Crippen LogP contribution in [-0.2, 0) is 11.2 Å². The Balaban J connectivity index is 2.52. The molecule has 0 spiro atoms. The Morgan fingerprint density at radius 3 is 2.32 bits per heavy atom. The molecule has 106 valence electrons. The molecule has 2 nitrogen and oxygen atoms in total. The third-order valence-electron chi connectivity index (χ3n) is 2.23. The molecular weight excluding hydrogens is 276 g/mol. The molecule has 0 unspecified atom stereocenters. The van der Waals surface area contributed by atoms with Crippen molar-refractivity contribution in [3.05, 3.63) is 35.6 Å². The SMILES string of the molecule is O=C(NCCc1cccc(F)c1)C(F)(F)C(F)(F)F. The molecule has 8 heteroatoms. The second kappa shape index (κ2) is 5.50. The highest BCUT2D eigenvalue weighted by Crippen LogP contribution is 2.35. The first-order valence-electron chi connectivity index (χ1n) is 5.12. The van der Waals surface area contributed by atoms with Gasteiger partial charge in [0.15, 0.2) is 0 Å². The van der Waals surface area contributed by atoms with E-state index >= 15 is 0 Å². The van der Waals surface area contributed by atoms with E-state index in [-0.39, 0.29) is 6.42 Å². The molecule has 1 N–H and O–H groups in total. The summed E-state index contributed by atoms with van der Waals surface area (Å²) in [5.41, 5.74) is 0.371. The number of carbonyl (C=O) groups is 1. The molecule has 1 aromatic carbocycles. The lowest BCUT2D eigenvalue weighted by atomic mass is 10.1. The molecule has 0 saturated heterocycles. The van der Waals surface area contributed by atoms with Crippen LogP contribution in [0, 0.1) is 5.82 Å². The maximum absolute atomic E-state index is 12.7. The Morgan fingerprint density at radius 2 is 1.79 bits per heavy atom. The summed E-state index contributed by atoms with van der Waals surface area (Å²) in [7, 11) is 0. The molecular formula is C11H9F6NO. The topological polar surface area (TPSA) is 29.1 Å². The number of halogens is 6. The van der Waals surface area contributed by atoms with Crippen molar-refractivity contribution in [2.24, 2.45) is 0 Å². The van der Waals surface area contributed by atoms with Crippen LogP contribution >= 0.6 is 0 Å². The number of alkyl halides is 5. The average Bonchev–Trinajstić information content (AvgIpc) is 2.27. The molecule has 0 heterocycles. The molecule has 0 aliphatic rings. The molecule has 0 aliphatic heterocycles. The number of carbonyl (C=O) groups excluding carboxylic acids is 1. The number of nitrogens with one attached hydrogen (secondary N) is 1. The fourth-order valence-corrected chi connectivity index (χ4v) is 1.25.